The summed E-state index contributed by atoms with van der Waals surface area (Å²) in [6, 6.07) is 1.52. The summed E-state index contributed by atoms with van der Waals surface area (Å²) in [5, 5.41) is 8.56. The van der Waals surface area contributed by atoms with Gasteiger partial charge in [-0.2, -0.15) is 13.2 Å². The molecular weight excluding hydrogens is 314 g/mol. The SMILES string of the molecule is Cl.Nc1c(Br)cc(C(=O)O)cc1C(F)(F)F. The van der Waals surface area contributed by atoms with Gasteiger partial charge in [0.1, 0.15) is 0 Å². The summed E-state index contributed by atoms with van der Waals surface area (Å²) in [5.41, 5.74) is 3.03. The summed E-state index contributed by atoms with van der Waals surface area (Å²) in [7, 11) is 0. The first-order valence-electron chi connectivity index (χ1n) is 3.63. The van der Waals surface area contributed by atoms with Crippen molar-refractivity contribution in [2.45, 2.75) is 6.18 Å². The predicted octanol–water partition coefficient (Wildman–Crippen LogP) is 3.17. The summed E-state index contributed by atoms with van der Waals surface area (Å²) in [6.45, 7) is 0. The summed E-state index contributed by atoms with van der Waals surface area (Å²) >= 11 is 2.77. The quantitative estimate of drug-likeness (QED) is 0.781. The Morgan fingerprint density at radius 2 is 1.88 bits per heavy atom. The standard InChI is InChI=1S/C8H5BrF3NO2.ClH/c9-5-2-3(7(14)15)1-4(6(5)13)8(10,11)12;/h1-2H,13H2,(H,14,15);1H. The van der Waals surface area contributed by atoms with E-state index in [9.17, 15) is 18.0 Å². The molecule has 8 heteroatoms. The largest absolute Gasteiger partial charge is 0.478 e. The van der Waals surface area contributed by atoms with Gasteiger partial charge in [0.05, 0.1) is 16.8 Å². The molecule has 0 heterocycles. The van der Waals surface area contributed by atoms with Gasteiger partial charge in [0, 0.05) is 4.47 Å². The van der Waals surface area contributed by atoms with Crippen LogP contribution in [0.3, 0.4) is 0 Å². The molecule has 0 aromatic heterocycles. The Morgan fingerprint density at radius 3 is 2.25 bits per heavy atom. The van der Waals surface area contributed by atoms with Gasteiger partial charge in [-0.15, -0.1) is 12.4 Å². The molecule has 0 aliphatic heterocycles. The molecule has 1 aromatic carbocycles. The van der Waals surface area contributed by atoms with Crippen LogP contribution in [-0.2, 0) is 6.18 Å². The van der Waals surface area contributed by atoms with Gasteiger partial charge in [-0.3, -0.25) is 0 Å². The molecule has 1 rings (SSSR count). The number of carboxylic acid groups (broad SMARTS) is 1. The second-order valence-corrected chi connectivity index (χ2v) is 3.58. The third kappa shape index (κ3) is 3.02. The van der Waals surface area contributed by atoms with E-state index in [0.29, 0.717) is 6.07 Å². The Hall–Kier alpha value is -0.950. The van der Waals surface area contributed by atoms with Crippen LogP contribution in [0.5, 0.6) is 0 Å². The van der Waals surface area contributed by atoms with E-state index < -0.39 is 29.0 Å². The molecule has 0 spiro atoms. The van der Waals surface area contributed by atoms with E-state index in [1.54, 1.807) is 0 Å². The smallest absolute Gasteiger partial charge is 0.418 e. The van der Waals surface area contributed by atoms with E-state index in [1.165, 1.54) is 0 Å². The number of alkyl halides is 3. The first kappa shape index (κ1) is 15.0. The highest BCUT2D eigenvalue weighted by Crippen LogP contribution is 2.37. The lowest BCUT2D eigenvalue weighted by Crippen LogP contribution is -2.11. The second kappa shape index (κ2) is 4.92. The highest BCUT2D eigenvalue weighted by molar-refractivity contribution is 9.10. The molecule has 16 heavy (non-hydrogen) atoms. The third-order valence-corrected chi connectivity index (χ3v) is 2.34. The minimum atomic E-state index is -4.67. The van der Waals surface area contributed by atoms with Crippen LogP contribution in [0.2, 0.25) is 0 Å². The summed E-state index contributed by atoms with van der Waals surface area (Å²) in [5.74, 6) is -1.44. The number of nitrogens with two attached hydrogens (primary N) is 1. The van der Waals surface area contributed by atoms with E-state index in [0.717, 1.165) is 6.07 Å². The maximum Gasteiger partial charge on any atom is 0.418 e. The van der Waals surface area contributed by atoms with Crippen molar-refractivity contribution in [2.24, 2.45) is 0 Å². The van der Waals surface area contributed by atoms with Crippen LogP contribution in [0.4, 0.5) is 18.9 Å². The molecule has 3 N–H and O–H groups in total. The van der Waals surface area contributed by atoms with Gasteiger partial charge in [-0.1, -0.05) is 0 Å². The van der Waals surface area contributed by atoms with Crippen LogP contribution in [0, 0.1) is 0 Å². The molecule has 0 unspecified atom stereocenters. The number of hydrogen-bond acceptors (Lipinski definition) is 2. The Bertz CT molecular complexity index is 422. The van der Waals surface area contributed by atoms with E-state index in [2.05, 4.69) is 15.9 Å². The monoisotopic (exact) mass is 319 g/mol. The highest BCUT2D eigenvalue weighted by Gasteiger charge is 2.34. The zero-order valence-corrected chi connectivity index (χ0v) is 9.91. The molecular formula is C8H6BrClF3NO2. The number of anilines is 1. The molecule has 0 aliphatic carbocycles. The van der Waals surface area contributed by atoms with Gasteiger partial charge in [0.2, 0.25) is 0 Å². The topological polar surface area (TPSA) is 63.3 Å². The molecule has 0 saturated carbocycles. The normalized spacial score (nSPS) is 10.8. The molecule has 3 nitrogen and oxygen atoms in total. The molecule has 0 fully saturated rings. The van der Waals surface area contributed by atoms with Gasteiger partial charge >= 0.3 is 12.1 Å². The van der Waals surface area contributed by atoms with E-state index in [-0.39, 0.29) is 16.9 Å². The molecule has 0 saturated heterocycles. The number of nitrogen functional groups attached to an aromatic ring is 1. The number of hydrogen-bond donors (Lipinski definition) is 2. The van der Waals surface area contributed by atoms with Crippen molar-refractivity contribution in [2.75, 3.05) is 5.73 Å². The van der Waals surface area contributed by atoms with Crippen LogP contribution in [-0.4, -0.2) is 11.1 Å². The van der Waals surface area contributed by atoms with Crippen molar-refractivity contribution < 1.29 is 23.1 Å². The van der Waals surface area contributed by atoms with Gasteiger partial charge in [0.25, 0.3) is 0 Å². The Kier molecular flexibility index (Phi) is 4.63. The highest BCUT2D eigenvalue weighted by atomic mass is 79.9. The van der Waals surface area contributed by atoms with Gasteiger partial charge in [-0.25, -0.2) is 4.79 Å². The zero-order chi connectivity index (χ0) is 11.8. The van der Waals surface area contributed by atoms with Crippen LogP contribution in [0.15, 0.2) is 16.6 Å². The molecule has 0 radical (unpaired) electrons. The van der Waals surface area contributed by atoms with Crippen LogP contribution in [0.25, 0.3) is 0 Å². The van der Waals surface area contributed by atoms with Crippen molar-refractivity contribution >= 4 is 40.0 Å². The van der Waals surface area contributed by atoms with Crippen molar-refractivity contribution in [3.05, 3.63) is 27.7 Å². The minimum Gasteiger partial charge on any atom is -0.478 e. The first-order chi connectivity index (χ1) is 6.73. The van der Waals surface area contributed by atoms with Gasteiger partial charge in [-0.05, 0) is 28.1 Å². The predicted molar refractivity (Wildman–Crippen MR) is 57.8 cm³/mol. The third-order valence-electron chi connectivity index (χ3n) is 1.68. The van der Waals surface area contributed by atoms with Crippen LogP contribution in [0.1, 0.15) is 15.9 Å². The zero-order valence-electron chi connectivity index (χ0n) is 7.51. The van der Waals surface area contributed by atoms with Gasteiger partial charge < -0.3 is 10.8 Å². The Balaban J connectivity index is 0.00000225. The number of carboxylic acids is 1. The van der Waals surface area contributed by atoms with E-state index in [1.807, 2.05) is 0 Å². The Labute approximate surface area is 103 Å². The van der Waals surface area contributed by atoms with E-state index >= 15 is 0 Å². The second-order valence-electron chi connectivity index (χ2n) is 2.72. The summed E-state index contributed by atoms with van der Waals surface area (Å²) in [4.78, 5) is 10.5. The molecule has 0 bridgehead atoms. The molecule has 90 valence electrons. The number of halogens is 5. The first-order valence-corrected chi connectivity index (χ1v) is 4.42. The van der Waals surface area contributed by atoms with E-state index in [4.69, 9.17) is 10.8 Å². The summed E-state index contributed by atoms with van der Waals surface area (Å²) < 4.78 is 37.0. The van der Waals surface area contributed by atoms with Crippen molar-refractivity contribution in [1.29, 1.82) is 0 Å². The fraction of sp³-hybridized carbons (Fsp3) is 0.125. The molecule has 0 atom stereocenters. The lowest BCUT2D eigenvalue weighted by molar-refractivity contribution is -0.136. The maximum atomic E-state index is 12.4. The minimum absolute atomic E-state index is 0. The van der Waals surface area contributed by atoms with Crippen molar-refractivity contribution in [1.82, 2.24) is 0 Å². The average Bonchev–Trinajstić information content (AvgIpc) is 2.06. The number of aromatic carboxylic acids is 1. The lowest BCUT2D eigenvalue weighted by atomic mass is 10.1. The van der Waals surface area contributed by atoms with Crippen molar-refractivity contribution in [3.8, 4) is 0 Å². The Morgan fingerprint density at radius 1 is 1.38 bits per heavy atom. The van der Waals surface area contributed by atoms with Crippen LogP contribution >= 0.6 is 28.3 Å². The lowest BCUT2D eigenvalue weighted by Gasteiger charge is -2.12. The molecule has 1 aromatic rings. The number of benzene rings is 1. The average molecular weight is 320 g/mol. The number of carbonyl (C=O) groups is 1. The molecule has 0 aliphatic rings. The van der Waals surface area contributed by atoms with Crippen LogP contribution < -0.4 is 5.73 Å². The molecule has 0 amide bonds. The maximum absolute atomic E-state index is 12.4. The summed E-state index contributed by atoms with van der Waals surface area (Å²) in [6.07, 6.45) is -4.67. The fourth-order valence-corrected chi connectivity index (χ4v) is 1.44. The van der Waals surface area contributed by atoms with Crippen molar-refractivity contribution in [3.63, 3.8) is 0 Å². The fourth-order valence-electron chi connectivity index (χ4n) is 0.976. The number of rotatable bonds is 1. The van der Waals surface area contributed by atoms with Gasteiger partial charge in [0.15, 0.2) is 0 Å².